The number of hydrogen-bond acceptors (Lipinski definition) is 6. The molecule has 9 heteroatoms. The minimum Gasteiger partial charge on any atom is -0.395 e. The zero-order chi connectivity index (χ0) is 14.8. The molecule has 7 nitrogen and oxygen atoms in total. The molecule has 3 heterocycles. The molecule has 0 aromatic carbocycles. The van der Waals surface area contributed by atoms with E-state index in [2.05, 4.69) is 20.2 Å². The number of anilines is 1. The van der Waals surface area contributed by atoms with Crippen molar-refractivity contribution >= 4 is 11.5 Å². The summed E-state index contributed by atoms with van der Waals surface area (Å²) in [6, 6.07) is 3.41. The van der Waals surface area contributed by atoms with E-state index in [0.717, 1.165) is 30.7 Å². The van der Waals surface area contributed by atoms with Crippen molar-refractivity contribution in [3.63, 3.8) is 0 Å². The Bertz CT molecular complexity index is 611. The summed E-state index contributed by atoms with van der Waals surface area (Å²) in [5, 5.41) is 20.3. The summed E-state index contributed by atoms with van der Waals surface area (Å²) in [6.45, 7) is 3.90. The Morgan fingerprint density at radius 1 is 1.14 bits per heavy atom. The monoisotopic (exact) mass is 298 g/mol. The van der Waals surface area contributed by atoms with E-state index in [4.69, 9.17) is 5.11 Å². The Morgan fingerprint density at radius 3 is 2.57 bits per heavy atom. The average Bonchev–Trinajstić information content (AvgIpc) is 2.91. The number of hydrogen-bond donors (Lipinski definition) is 1. The van der Waals surface area contributed by atoms with Crippen LogP contribution in [0.4, 0.5) is 14.6 Å². The molecular formula is C12H16F2N6O. The molecule has 0 atom stereocenters. The molecule has 3 rings (SSSR count). The number of aromatic nitrogens is 4. The van der Waals surface area contributed by atoms with Crippen LogP contribution in [0.25, 0.3) is 5.65 Å². The second-order valence-corrected chi connectivity index (χ2v) is 4.87. The number of halogens is 2. The van der Waals surface area contributed by atoms with Crippen LogP contribution in [0.3, 0.4) is 0 Å². The lowest BCUT2D eigenvalue weighted by Crippen LogP contribution is -2.47. The largest absolute Gasteiger partial charge is 0.395 e. The van der Waals surface area contributed by atoms with Crippen molar-refractivity contribution in [2.45, 2.75) is 6.43 Å². The van der Waals surface area contributed by atoms with Gasteiger partial charge in [-0.05, 0) is 12.1 Å². The number of rotatable bonds is 4. The zero-order valence-corrected chi connectivity index (χ0v) is 11.4. The van der Waals surface area contributed by atoms with E-state index >= 15 is 0 Å². The quantitative estimate of drug-likeness (QED) is 0.868. The maximum absolute atomic E-state index is 12.8. The molecule has 114 valence electrons. The number of aliphatic hydroxyl groups is 1. The van der Waals surface area contributed by atoms with Crippen LogP contribution >= 0.6 is 0 Å². The van der Waals surface area contributed by atoms with Gasteiger partial charge in [-0.2, -0.15) is 4.52 Å². The molecule has 0 saturated carbocycles. The number of alkyl halides is 2. The third-order valence-electron chi connectivity index (χ3n) is 3.58. The maximum atomic E-state index is 12.8. The Labute approximate surface area is 119 Å². The molecule has 2 aromatic heterocycles. The summed E-state index contributed by atoms with van der Waals surface area (Å²) in [4.78, 5) is 4.18. The van der Waals surface area contributed by atoms with Gasteiger partial charge in [0.05, 0.1) is 6.61 Å². The average molecular weight is 298 g/mol. The fourth-order valence-electron chi connectivity index (χ4n) is 2.44. The lowest BCUT2D eigenvalue weighted by atomic mass is 10.3. The Balaban J connectivity index is 1.80. The van der Waals surface area contributed by atoms with Gasteiger partial charge in [0, 0.05) is 32.7 Å². The highest BCUT2D eigenvalue weighted by molar-refractivity contribution is 5.46. The van der Waals surface area contributed by atoms with Crippen molar-refractivity contribution in [3.8, 4) is 0 Å². The van der Waals surface area contributed by atoms with Crippen molar-refractivity contribution in [2.75, 3.05) is 44.2 Å². The summed E-state index contributed by atoms with van der Waals surface area (Å²) in [5.41, 5.74) is 0.313. The molecule has 1 aliphatic rings. The van der Waals surface area contributed by atoms with Gasteiger partial charge in [0.15, 0.2) is 5.65 Å². The number of nitrogens with zero attached hydrogens (tertiary/aromatic N) is 6. The first-order valence-electron chi connectivity index (χ1n) is 6.77. The normalized spacial score (nSPS) is 17.0. The molecule has 21 heavy (non-hydrogen) atoms. The van der Waals surface area contributed by atoms with Gasteiger partial charge in [0.1, 0.15) is 5.82 Å². The molecule has 0 radical (unpaired) electrons. The molecule has 0 spiro atoms. The zero-order valence-electron chi connectivity index (χ0n) is 11.4. The molecule has 1 saturated heterocycles. The highest BCUT2D eigenvalue weighted by Crippen LogP contribution is 2.19. The second-order valence-electron chi connectivity index (χ2n) is 4.87. The molecule has 0 unspecified atom stereocenters. The topological polar surface area (TPSA) is 69.8 Å². The highest BCUT2D eigenvalue weighted by Gasteiger charge is 2.20. The first kappa shape index (κ1) is 14.1. The van der Waals surface area contributed by atoms with E-state index in [9.17, 15) is 8.78 Å². The summed E-state index contributed by atoms with van der Waals surface area (Å²) in [6.07, 6.45) is -2.70. The highest BCUT2D eigenvalue weighted by atomic mass is 19.3. The number of β-amino-alcohol motifs (C(OH)–C–C–N with tert-alkyl or cyclic N) is 1. The minimum absolute atomic E-state index is 0.142. The van der Waals surface area contributed by atoms with Crippen LogP contribution in [-0.4, -0.2) is 69.1 Å². The van der Waals surface area contributed by atoms with Gasteiger partial charge in [0.2, 0.25) is 5.82 Å². The summed E-state index contributed by atoms with van der Waals surface area (Å²) in [5.74, 6) is 0.193. The van der Waals surface area contributed by atoms with Crippen molar-refractivity contribution < 1.29 is 13.9 Å². The number of fused-ring (bicyclic) bond motifs is 1. The summed E-state index contributed by atoms with van der Waals surface area (Å²) in [7, 11) is 0. The molecular weight excluding hydrogens is 282 g/mol. The molecule has 1 fully saturated rings. The first-order valence-corrected chi connectivity index (χ1v) is 6.77. The smallest absolute Gasteiger partial charge is 0.299 e. The van der Waals surface area contributed by atoms with Crippen LogP contribution < -0.4 is 4.90 Å². The van der Waals surface area contributed by atoms with E-state index in [0.29, 0.717) is 18.0 Å². The van der Waals surface area contributed by atoms with Crippen LogP contribution in [0.1, 0.15) is 12.2 Å². The Morgan fingerprint density at radius 2 is 1.90 bits per heavy atom. The predicted molar refractivity (Wildman–Crippen MR) is 71.5 cm³/mol. The fourth-order valence-corrected chi connectivity index (χ4v) is 2.44. The SMILES string of the molecule is OCCN1CCN(c2ccc3nnc(C(F)F)n3n2)CC1. The van der Waals surface area contributed by atoms with Gasteiger partial charge in [-0.1, -0.05) is 0 Å². The lowest BCUT2D eigenvalue weighted by Gasteiger charge is -2.34. The van der Waals surface area contributed by atoms with Crippen molar-refractivity contribution in [1.29, 1.82) is 0 Å². The van der Waals surface area contributed by atoms with E-state index in [-0.39, 0.29) is 6.61 Å². The van der Waals surface area contributed by atoms with Gasteiger partial charge in [-0.3, -0.25) is 4.90 Å². The Hall–Kier alpha value is -1.87. The summed E-state index contributed by atoms with van der Waals surface area (Å²) >= 11 is 0. The third-order valence-corrected chi connectivity index (χ3v) is 3.58. The van der Waals surface area contributed by atoms with Gasteiger partial charge < -0.3 is 10.0 Å². The fraction of sp³-hybridized carbons (Fsp3) is 0.583. The Kier molecular flexibility index (Phi) is 3.93. The maximum Gasteiger partial charge on any atom is 0.299 e. The van der Waals surface area contributed by atoms with Crippen LogP contribution in [-0.2, 0) is 0 Å². The van der Waals surface area contributed by atoms with E-state index in [1.54, 1.807) is 12.1 Å². The van der Waals surface area contributed by atoms with Crippen molar-refractivity contribution in [2.24, 2.45) is 0 Å². The molecule has 1 N–H and O–H groups in total. The van der Waals surface area contributed by atoms with Crippen LogP contribution in [0.2, 0.25) is 0 Å². The lowest BCUT2D eigenvalue weighted by molar-refractivity contribution is 0.137. The number of piperazine rings is 1. The van der Waals surface area contributed by atoms with Gasteiger partial charge in [-0.15, -0.1) is 15.3 Å². The van der Waals surface area contributed by atoms with E-state index < -0.39 is 12.2 Å². The first-order chi connectivity index (χ1) is 10.2. The van der Waals surface area contributed by atoms with Crippen molar-refractivity contribution in [1.82, 2.24) is 24.7 Å². The van der Waals surface area contributed by atoms with Gasteiger partial charge in [0.25, 0.3) is 6.43 Å². The third kappa shape index (κ3) is 2.79. The molecule has 1 aliphatic heterocycles. The molecule has 0 amide bonds. The van der Waals surface area contributed by atoms with E-state index in [1.807, 2.05) is 4.90 Å². The van der Waals surface area contributed by atoms with E-state index in [1.165, 1.54) is 0 Å². The molecule has 0 aliphatic carbocycles. The van der Waals surface area contributed by atoms with Crippen LogP contribution in [0, 0.1) is 0 Å². The predicted octanol–water partition coefficient (Wildman–Crippen LogP) is 0.176. The second kappa shape index (κ2) is 5.86. The van der Waals surface area contributed by atoms with Gasteiger partial charge >= 0.3 is 0 Å². The van der Waals surface area contributed by atoms with Crippen LogP contribution in [0.5, 0.6) is 0 Å². The molecule has 0 bridgehead atoms. The molecule has 2 aromatic rings. The summed E-state index contributed by atoms with van der Waals surface area (Å²) < 4.78 is 26.8. The van der Waals surface area contributed by atoms with Crippen LogP contribution in [0.15, 0.2) is 12.1 Å². The van der Waals surface area contributed by atoms with Crippen molar-refractivity contribution in [3.05, 3.63) is 18.0 Å². The number of aliphatic hydroxyl groups excluding tert-OH is 1. The standard InChI is InChI=1S/C12H16F2N6O/c13-11(14)12-16-15-9-1-2-10(17-20(9)12)19-5-3-18(4-6-19)7-8-21/h1-2,11,21H,3-8H2. The minimum atomic E-state index is -2.70. The van der Waals surface area contributed by atoms with Gasteiger partial charge in [-0.25, -0.2) is 8.78 Å².